The first-order chi connectivity index (χ1) is 12.5. The Morgan fingerprint density at radius 3 is 2.50 bits per heavy atom. The zero-order valence-electron chi connectivity index (χ0n) is 13.7. The van der Waals surface area contributed by atoms with Gasteiger partial charge in [0.1, 0.15) is 22.9 Å². The molecule has 0 unspecified atom stereocenters. The number of benzene rings is 1. The number of primary amides is 1. The highest BCUT2D eigenvalue weighted by Gasteiger charge is 2.20. The van der Waals surface area contributed by atoms with Crippen LogP contribution in [0.2, 0.25) is 0 Å². The van der Waals surface area contributed by atoms with Crippen LogP contribution in [0.4, 0.5) is 4.39 Å². The van der Waals surface area contributed by atoms with Gasteiger partial charge in [-0.05, 0) is 30.5 Å². The highest BCUT2D eigenvalue weighted by molar-refractivity contribution is 5.95. The second-order valence-corrected chi connectivity index (χ2v) is 5.72. The van der Waals surface area contributed by atoms with Crippen LogP contribution in [-0.4, -0.2) is 20.6 Å². The number of hydrogen-bond donors (Lipinski definition) is 2. The fourth-order valence-electron chi connectivity index (χ4n) is 2.73. The van der Waals surface area contributed by atoms with Gasteiger partial charge in [0.05, 0.1) is 6.20 Å². The largest absolute Gasteiger partial charge is 0.507 e. The van der Waals surface area contributed by atoms with Gasteiger partial charge in [-0.15, -0.1) is 0 Å². The molecule has 3 N–H and O–H groups in total. The van der Waals surface area contributed by atoms with Crippen LogP contribution in [0.5, 0.6) is 5.75 Å². The summed E-state index contributed by atoms with van der Waals surface area (Å²) in [6, 6.07) is 13.4. The van der Waals surface area contributed by atoms with Crippen molar-refractivity contribution in [3.8, 4) is 11.6 Å². The number of carbonyl (C=O) groups excluding carboxylic acids is 1. The second kappa shape index (κ2) is 7.18. The molecule has 0 bridgehead atoms. The van der Waals surface area contributed by atoms with Crippen LogP contribution in [-0.2, 0) is 12.8 Å². The quantitative estimate of drug-likeness (QED) is 0.732. The molecule has 0 spiro atoms. The number of aromatic nitrogens is 2. The fraction of sp³-hybridized carbons (Fsp3) is 0.105. The number of aromatic hydroxyl groups is 1. The van der Waals surface area contributed by atoms with E-state index in [1.54, 1.807) is 0 Å². The van der Waals surface area contributed by atoms with Gasteiger partial charge in [-0.1, -0.05) is 30.3 Å². The molecule has 3 aromatic rings. The zero-order chi connectivity index (χ0) is 18.7. The minimum atomic E-state index is -1.04. The highest BCUT2D eigenvalue weighted by Crippen LogP contribution is 2.19. The third-order valence-corrected chi connectivity index (χ3v) is 3.96. The van der Waals surface area contributed by atoms with Gasteiger partial charge >= 0.3 is 0 Å². The van der Waals surface area contributed by atoms with Crippen LogP contribution in [0.1, 0.15) is 21.6 Å². The van der Waals surface area contributed by atoms with Crippen LogP contribution in [0, 0.1) is 5.82 Å². The molecule has 0 aliphatic heterocycles. The van der Waals surface area contributed by atoms with Crippen molar-refractivity contribution >= 4 is 5.91 Å². The summed E-state index contributed by atoms with van der Waals surface area (Å²) < 4.78 is 14.3. The molecule has 0 aliphatic carbocycles. The van der Waals surface area contributed by atoms with E-state index < -0.39 is 28.6 Å². The van der Waals surface area contributed by atoms with Crippen molar-refractivity contribution in [1.82, 2.24) is 9.55 Å². The monoisotopic (exact) mass is 353 g/mol. The number of hydrogen-bond acceptors (Lipinski definition) is 4. The molecule has 0 saturated carbocycles. The maximum absolute atomic E-state index is 13.2. The minimum absolute atomic E-state index is 0.141. The van der Waals surface area contributed by atoms with Gasteiger partial charge in [0, 0.05) is 11.8 Å². The normalized spacial score (nSPS) is 10.7. The standard InChI is InChI=1S/C19H16FN3O3/c20-13-7-9-16(22-11-13)23-14(8-6-12-4-2-1-3-5-12)10-15(24)17(18(21)25)19(23)26/h1-5,7,9-11,24H,6,8H2,(H2,21,25). The van der Waals surface area contributed by atoms with Gasteiger partial charge in [-0.25, -0.2) is 9.37 Å². The van der Waals surface area contributed by atoms with E-state index in [-0.39, 0.29) is 5.82 Å². The van der Waals surface area contributed by atoms with E-state index >= 15 is 0 Å². The van der Waals surface area contributed by atoms with Crippen LogP contribution in [0.3, 0.4) is 0 Å². The number of nitrogens with zero attached hydrogens (tertiary/aromatic N) is 2. The summed E-state index contributed by atoms with van der Waals surface area (Å²) in [6.45, 7) is 0. The molecule has 0 atom stereocenters. The van der Waals surface area contributed by atoms with E-state index in [0.29, 0.717) is 18.5 Å². The minimum Gasteiger partial charge on any atom is -0.507 e. The summed E-state index contributed by atoms with van der Waals surface area (Å²) in [6.07, 6.45) is 1.96. The van der Waals surface area contributed by atoms with E-state index in [1.165, 1.54) is 16.7 Å². The average molecular weight is 353 g/mol. The van der Waals surface area contributed by atoms with Crippen molar-refractivity contribution in [2.75, 3.05) is 0 Å². The molecule has 3 rings (SSSR count). The lowest BCUT2D eigenvalue weighted by atomic mass is 10.1. The van der Waals surface area contributed by atoms with Crippen LogP contribution in [0.25, 0.3) is 5.82 Å². The molecule has 0 aliphatic rings. The number of aryl methyl sites for hydroxylation is 2. The molecule has 1 aromatic carbocycles. The first-order valence-electron chi connectivity index (χ1n) is 7.91. The zero-order valence-corrected chi connectivity index (χ0v) is 13.7. The summed E-state index contributed by atoms with van der Waals surface area (Å²) in [4.78, 5) is 28.2. The second-order valence-electron chi connectivity index (χ2n) is 5.72. The summed E-state index contributed by atoms with van der Waals surface area (Å²) in [5.74, 6) is -1.94. The lowest BCUT2D eigenvalue weighted by Crippen LogP contribution is -2.31. The molecule has 1 amide bonds. The van der Waals surface area contributed by atoms with Crippen molar-refractivity contribution in [3.63, 3.8) is 0 Å². The summed E-state index contributed by atoms with van der Waals surface area (Å²) >= 11 is 0. The van der Waals surface area contributed by atoms with Gasteiger partial charge in [0.2, 0.25) is 0 Å². The third-order valence-electron chi connectivity index (χ3n) is 3.96. The fourth-order valence-corrected chi connectivity index (χ4v) is 2.73. The summed E-state index contributed by atoms with van der Waals surface area (Å²) in [7, 11) is 0. The van der Waals surface area contributed by atoms with Crippen molar-refractivity contribution in [2.24, 2.45) is 5.73 Å². The van der Waals surface area contributed by atoms with Gasteiger partial charge in [0.25, 0.3) is 11.5 Å². The summed E-state index contributed by atoms with van der Waals surface area (Å²) in [5, 5.41) is 10.1. The molecular weight excluding hydrogens is 337 g/mol. The molecule has 2 heterocycles. The Kier molecular flexibility index (Phi) is 4.79. The van der Waals surface area contributed by atoms with Gasteiger partial charge < -0.3 is 10.8 Å². The van der Waals surface area contributed by atoms with E-state index in [2.05, 4.69) is 4.98 Å². The molecule has 132 valence electrons. The molecule has 26 heavy (non-hydrogen) atoms. The summed E-state index contributed by atoms with van der Waals surface area (Å²) in [5.41, 5.74) is 5.36. The van der Waals surface area contributed by atoms with Crippen molar-refractivity contribution in [2.45, 2.75) is 12.8 Å². The Labute approximate surface area is 148 Å². The Hall–Kier alpha value is -3.48. The predicted octanol–water partition coefficient (Wildman–Crippen LogP) is 1.96. The number of halogens is 1. The lowest BCUT2D eigenvalue weighted by molar-refractivity contribution is 0.0996. The Morgan fingerprint density at radius 2 is 1.88 bits per heavy atom. The number of nitrogens with two attached hydrogens (primary N) is 1. The number of carbonyl (C=O) groups is 1. The van der Waals surface area contributed by atoms with Crippen LogP contribution in [0.15, 0.2) is 59.5 Å². The smallest absolute Gasteiger partial charge is 0.273 e. The number of pyridine rings is 2. The number of amides is 1. The van der Waals surface area contributed by atoms with Gasteiger partial charge in [0.15, 0.2) is 0 Å². The molecule has 7 heteroatoms. The molecule has 2 aromatic heterocycles. The third kappa shape index (κ3) is 3.46. The SMILES string of the molecule is NC(=O)c1c(O)cc(CCc2ccccc2)n(-c2ccc(F)cn2)c1=O. The first kappa shape index (κ1) is 17.3. The van der Waals surface area contributed by atoms with E-state index in [4.69, 9.17) is 5.73 Å². The molecule has 6 nitrogen and oxygen atoms in total. The predicted molar refractivity (Wildman–Crippen MR) is 93.8 cm³/mol. The van der Waals surface area contributed by atoms with Crippen LogP contribution >= 0.6 is 0 Å². The highest BCUT2D eigenvalue weighted by atomic mass is 19.1. The van der Waals surface area contributed by atoms with Crippen molar-refractivity contribution in [3.05, 3.63) is 87.7 Å². The average Bonchev–Trinajstić information content (AvgIpc) is 2.61. The molecule has 0 fully saturated rings. The Bertz CT molecular complexity index is 999. The molecular formula is C19H16FN3O3. The van der Waals surface area contributed by atoms with Gasteiger partial charge in [-0.2, -0.15) is 0 Å². The molecule has 0 saturated heterocycles. The topological polar surface area (TPSA) is 98.2 Å². The lowest BCUT2D eigenvalue weighted by Gasteiger charge is -2.14. The maximum atomic E-state index is 13.2. The van der Waals surface area contributed by atoms with E-state index in [0.717, 1.165) is 17.8 Å². The molecule has 0 radical (unpaired) electrons. The van der Waals surface area contributed by atoms with Crippen molar-refractivity contribution < 1.29 is 14.3 Å². The number of rotatable bonds is 5. The van der Waals surface area contributed by atoms with Crippen LogP contribution < -0.4 is 11.3 Å². The van der Waals surface area contributed by atoms with E-state index in [9.17, 15) is 19.1 Å². The maximum Gasteiger partial charge on any atom is 0.273 e. The Balaban J connectivity index is 2.11. The van der Waals surface area contributed by atoms with Gasteiger partial charge in [-0.3, -0.25) is 14.2 Å². The first-order valence-corrected chi connectivity index (χ1v) is 7.91. The van der Waals surface area contributed by atoms with Crippen molar-refractivity contribution in [1.29, 1.82) is 0 Å². The Morgan fingerprint density at radius 1 is 1.15 bits per heavy atom. The van der Waals surface area contributed by atoms with E-state index in [1.807, 2.05) is 30.3 Å².